The van der Waals surface area contributed by atoms with Crippen molar-refractivity contribution < 1.29 is 14.3 Å². The molecule has 0 bridgehead atoms. The van der Waals surface area contributed by atoms with Crippen molar-refractivity contribution in [3.8, 4) is 0 Å². The van der Waals surface area contributed by atoms with E-state index in [1.165, 1.54) is 7.11 Å². The van der Waals surface area contributed by atoms with E-state index in [2.05, 4.69) is 15.6 Å². The Balaban J connectivity index is 2.01. The van der Waals surface area contributed by atoms with Crippen LogP contribution < -0.4 is 10.6 Å². The molecular weight excluding hydrogens is 306 g/mol. The zero-order valence-corrected chi connectivity index (χ0v) is 14.0. The van der Waals surface area contributed by atoms with Crippen molar-refractivity contribution >= 4 is 29.1 Å². The summed E-state index contributed by atoms with van der Waals surface area (Å²) in [5.41, 5.74) is 1.96. The van der Waals surface area contributed by atoms with Crippen molar-refractivity contribution in [2.24, 2.45) is 5.92 Å². The highest BCUT2D eigenvalue weighted by Crippen LogP contribution is 2.19. The minimum absolute atomic E-state index is 0.0519. The molecular formula is C18H21N3O3. The number of carbonyl (C=O) groups excluding carboxylic acids is 2. The van der Waals surface area contributed by atoms with Gasteiger partial charge in [-0.1, -0.05) is 19.9 Å². The molecule has 24 heavy (non-hydrogen) atoms. The molecule has 2 aromatic rings. The first-order valence-electron chi connectivity index (χ1n) is 7.69. The van der Waals surface area contributed by atoms with E-state index in [1.807, 2.05) is 26.0 Å². The number of amides is 1. The van der Waals surface area contributed by atoms with Gasteiger partial charge in [-0.2, -0.15) is 0 Å². The summed E-state index contributed by atoms with van der Waals surface area (Å²) >= 11 is 0. The molecule has 1 amide bonds. The van der Waals surface area contributed by atoms with Crippen LogP contribution in [0.5, 0.6) is 0 Å². The van der Waals surface area contributed by atoms with Crippen LogP contribution in [0.3, 0.4) is 0 Å². The number of hydrogen-bond donors (Lipinski definition) is 2. The van der Waals surface area contributed by atoms with Crippen LogP contribution in [0.25, 0.3) is 0 Å². The summed E-state index contributed by atoms with van der Waals surface area (Å²) in [5, 5.41) is 5.91. The molecule has 0 unspecified atom stereocenters. The minimum atomic E-state index is -0.389. The quantitative estimate of drug-likeness (QED) is 0.792. The van der Waals surface area contributed by atoms with Crippen LogP contribution in [0.4, 0.5) is 17.2 Å². The Morgan fingerprint density at radius 3 is 2.58 bits per heavy atom. The predicted molar refractivity (Wildman–Crippen MR) is 93.4 cm³/mol. The largest absolute Gasteiger partial charge is 0.465 e. The highest BCUT2D eigenvalue weighted by Gasteiger charge is 2.07. The summed E-state index contributed by atoms with van der Waals surface area (Å²) in [6, 6.07) is 10.5. The Kier molecular flexibility index (Phi) is 5.89. The van der Waals surface area contributed by atoms with Gasteiger partial charge in [0.15, 0.2) is 0 Å². The molecule has 0 atom stereocenters. The lowest BCUT2D eigenvalue weighted by atomic mass is 10.1. The number of carbonyl (C=O) groups is 2. The first kappa shape index (κ1) is 17.5. The lowest BCUT2D eigenvalue weighted by Crippen LogP contribution is -2.14. The van der Waals surface area contributed by atoms with E-state index in [1.54, 1.807) is 30.5 Å². The number of ether oxygens (including phenoxy) is 1. The van der Waals surface area contributed by atoms with Gasteiger partial charge in [-0.25, -0.2) is 9.78 Å². The molecule has 1 aromatic carbocycles. The Bertz CT molecular complexity index is 712. The molecule has 0 aliphatic rings. The van der Waals surface area contributed by atoms with Crippen LogP contribution in [-0.4, -0.2) is 24.0 Å². The van der Waals surface area contributed by atoms with E-state index in [4.69, 9.17) is 4.74 Å². The van der Waals surface area contributed by atoms with Crippen molar-refractivity contribution in [3.63, 3.8) is 0 Å². The maximum atomic E-state index is 11.7. The first-order chi connectivity index (χ1) is 11.5. The molecule has 0 aliphatic heterocycles. The second-order valence-corrected chi connectivity index (χ2v) is 5.78. The van der Waals surface area contributed by atoms with Gasteiger partial charge in [0, 0.05) is 12.1 Å². The summed E-state index contributed by atoms with van der Waals surface area (Å²) in [7, 11) is 1.35. The van der Waals surface area contributed by atoms with Crippen LogP contribution in [0.15, 0.2) is 42.6 Å². The van der Waals surface area contributed by atoms with Crippen LogP contribution >= 0.6 is 0 Å². The third kappa shape index (κ3) is 5.08. The lowest BCUT2D eigenvalue weighted by molar-refractivity contribution is -0.116. The van der Waals surface area contributed by atoms with E-state index in [0.29, 0.717) is 23.7 Å². The average molecular weight is 327 g/mol. The first-order valence-corrected chi connectivity index (χ1v) is 7.69. The Hall–Kier alpha value is -2.89. The van der Waals surface area contributed by atoms with Crippen molar-refractivity contribution in [1.29, 1.82) is 0 Å². The van der Waals surface area contributed by atoms with E-state index < -0.39 is 0 Å². The van der Waals surface area contributed by atoms with Gasteiger partial charge >= 0.3 is 5.97 Å². The number of pyridine rings is 1. The van der Waals surface area contributed by atoms with Crippen LogP contribution in [0.2, 0.25) is 0 Å². The van der Waals surface area contributed by atoms with Gasteiger partial charge in [0.25, 0.3) is 0 Å². The number of anilines is 3. The fraction of sp³-hybridized carbons (Fsp3) is 0.278. The molecule has 0 radical (unpaired) electrons. The smallest absolute Gasteiger partial charge is 0.337 e. The monoisotopic (exact) mass is 327 g/mol. The Morgan fingerprint density at radius 2 is 1.96 bits per heavy atom. The molecule has 1 aromatic heterocycles. The summed E-state index contributed by atoms with van der Waals surface area (Å²) in [4.78, 5) is 27.5. The maximum absolute atomic E-state index is 11.7. The van der Waals surface area contributed by atoms with Gasteiger partial charge in [-0.3, -0.25) is 4.79 Å². The number of rotatable bonds is 6. The number of nitrogens with zero attached hydrogens (tertiary/aromatic N) is 1. The number of benzene rings is 1. The fourth-order valence-electron chi connectivity index (χ4n) is 2.11. The lowest BCUT2D eigenvalue weighted by Gasteiger charge is -2.09. The molecule has 2 N–H and O–H groups in total. The zero-order chi connectivity index (χ0) is 17.5. The number of nitrogens with one attached hydrogen (secondary N) is 2. The molecule has 0 aliphatic carbocycles. The standard InChI is InChI=1S/C18H21N3O3/c1-12(2)9-17(22)21-16-8-7-15(11-19-16)20-14-6-4-5-13(10-14)18(23)24-3/h4-8,10-12,20H,9H2,1-3H3,(H,19,21,22). The van der Waals surface area contributed by atoms with Crippen LogP contribution in [-0.2, 0) is 9.53 Å². The van der Waals surface area contributed by atoms with Crippen molar-refractivity contribution in [2.75, 3.05) is 17.7 Å². The maximum Gasteiger partial charge on any atom is 0.337 e. The van der Waals surface area contributed by atoms with E-state index in [0.717, 1.165) is 11.4 Å². The second-order valence-electron chi connectivity index (χ2n) is 5.78. The normalized spacial score (nSPS) is 10.3. The van der Waals surface area contributed by atoms with Gasteiger partial charge in [-0.15, -0.1) is 0 Å². The van der Waals surface area contributed by atoms with Gasteiger partial charge in [-0.05, 0) is 36.2 Å². The molecule has 0 fully saturated rings. The minimum Gasteiger partial charge on any atom is -0.465 e. The fourth-order valence-corrected chi connectivity index (χ4v) is 2.11. The number of aromatic nitrogens is 1. The summed E-state index contributed by atoms with van der Waals surface area (Å²) in [5.74, 6) is 0.367. The summed E-state index contributed by atoms with van der Waals surface area (Å²) < 4.78 is 4.70. The summed E-state index contributed by atoms with van der Waals surface area (Å²) in [6.07, 6.45) is 2.08. The van der Waals surface area contributed by atoms with E-state index in [9.17, 15) is 9.59 Å². The third-order valence-electron chi connectivity index (χ3n) is 3.20. The molecule has 126 valence electrons. The highest BCUT2D eigenvalue weighted by molar-refractivity contribution is 5.91. The Labute approximate surface area is 141 Å². The molecule has 0 saturated heterocycles. The zero-order valence-electron chi connectivity index (χ0n) is 14.0. The molecule has 1 heterocycles. The number of hydrogen-bond acceptors (Lipinski definition) is 5. The van der Waals surface area contributed by atoms with E-state index in [-0.39, 0.29) is 11.9 Å². The van der Waals surface area contributed by atoms with E-state index >= 15 is 0 Å². The second kappa shape index (κ2) is 8.10. The van der Waals surface area contributed by atoms with Gasteiger partial charge in [0.05, 0.1) is 24.6 Å². The number of esters is 1. The average Bonchev–Trinajstić information content (AvgIpc) is 2.55. The van der Waals surface area contributed by atoms with Gasteiger partial charge in [0.1, 0.15) is 5.82 Å². The predicted octanol–water partition coefficient (Wildman–Crippen LogP) is 3.60. The van der Waals surface area contributed by atoms with Gasteiger partial charge in [0.2, 0.25) is 5.91 Å². The third-order valence-corrected chi connectivity index (χ3v) is 3.20. The molecule has 0 spiro atoms. The van der Waals surface area contributed by atoms with Crippen molar-refractivity contribution in [3.05, 3.63) is 48.2 Å². The van der Waals surface area contributed by atoms with Crippen molar-refractivity contribution in [2.45, 2.75) is 20.3 Å². The summed E-state index contributed by atoms with van der Waals surface area (Å²) in [6.45, 7) is 3.98. The molecule has 2 rings (SSSR count). The Morgan fingerprint density at radius 1 is 1.17 bits per heavy atom. The van der Waals surface area contributed by atoms with Crippen LogP contribution in [0.1, 0.15) is 30.6 Å². The topological polar surface area (TPSA) is 80.3 Å². The van der Waals surface area contributed by atoms with Gasteiger partial charge < -0.3 is 15.4 Å². The molecule has 0 saturated carbocycles. The molecule has 6 heteroatoms. The van der Waals surface area contributed by atoms with Crippen LogP contribution in [0, 0.1) is 5.92 Å². The van der Waals surface area contributed by atoms with Crippen molar-refractivity contribution in [1.82, 2.24) is 4.98 Å². The SMILES string of the molecule is COC(=O)c1cccc(Nc2ccc(NC(=O)CC(C)C)nc2)c1. The number of methoxy groups -OCH3 is 1. The molecule has 6 nitrogen and oxygen atoms in total. The highest BCUT2D eigenvalue weighted by atomic mass is 16.5.